The van der Waals surface area contributed by atoms with Crippen LogP contribution in [0.5, 0.6) is 0 Å². The molecular weight excluding hydrogens is 378 g/mol. The molecule has 8 heteroatoms. The van der Waals surface area contributed by atoms with Gasteiger partial charge in [0.15, 0.2) is 0 Å². The van der Waals surface area contributed by atoms with Crippen LogP contribution in [-0.4, -0.2) is 56.1 Å². The van der Waals surface area contributed by atoms with Crippen LogP contribution in [0.1, 0.15) is 36.0 Å². The van der Waals surface area contributed by atoms with Crippen LogP contribution in [0, 0.1) is 18.8 Å². The van der Waals surface area contributed by atoms with E-state index in [9.17, 15) is 0 Å². The quantitative estimate of drug-likeness (QED) is 0.647. The minimum absolute atomic E-state index is 0.152. The number of rotatable bonds is 5. The molecule has 5 rings (SSSR count). The topological polar surface area (TPSA) is 73.9 Å². The van der Waals surface area contributed by atoms with Crippen LogP contribution in [0.15, 0.2) is 36.5 Å². The van der Waals surface area contributed by atoms with Gasteiger partial charge in [-0.25, -0.2) is 9.36 Å². The van der Waals surface area contributed by atoms with E-state index in [1.807, 2.05) is 36.5 Å². The molecular formula is C22H29N7O. The van der Waals surface area contributed by atoms with Gasteiger partial charge >= 0.3 is 0 Å². The average molecular weight is 408 g/mol. The molecule has 1 saturated carbocycles. The third-order valence-electron chi connectivity index (χ3n) is 6.64. The van der Waals surface area contributed by atoms with Gasteiger partial charge < -0.3 is 9.64 Å². The maximum absolute atomic E-state index is 5.92. The molecule has 0 spiro atoms. The molecule has 2 aromatic heterocycles. The van der Waals surface area contributed by atoms with Crippen molar-refractivity contribution < 1.29 is 4.74 Å². The highest BCUT2D eigenvalue weighted by Gasteiger charge is 2.44. The minimum atomic E-state index is 0.152. The number of aromatic nitrogens is 6. The summed E-state index contributed by atoms with van der Waals surface area (Å²) in [6.45, 7) is 3.97. The fourth-order valence-corrected chi connectivity index (χ4v) is 5.22. The molecule has 4 atom stereocenters. The van der Waals surface area contributed by atoms with Gasteiger partial charge in [-0.2, -0.15) is 10.1 Å². The van der Waals surface area contributed by atoms with Gasteiger partial charge in [-0.05, 0) is 37.2 Å². The van der Waals surface area contributed by atoms with Crippen molar-refractivity contribution in [2.45, 2.75) is 38.3 Å². The fourth-order valence-electron chi connectivity index (χ4n) is 5.22. The largest absolute Gasteiger partial charge is 0.379 e. The molecule has 0 radical (unpaired) electrons. The lowest BCUT2D eigenvalue weighted by Gasteiger charge is -2.36. The number of ether oxygens (including phenoxy) is 1. The first-order chi connectivity index (χ1) is 14.6. The van der Waals surface area contributed by atoms with Gasteiger partial charge in [-0.1, -0.05) is 35.5 Å². The number of hydrogen-bond donors (Lipinski definition) is 0. The van der Waals surface area contributed by atoms with E-state index in [0.717, 1.165) is 49.8 Å². The van der Waals surface area contributed by atoms with Gasteiger partial charge in [-0.15, -0.1) is 5.10 Å². The predicted molar refractivity (Wildman–Crippen MR) is 113 cm³/mol. The van der Waals surface area contributed by atoms with E-state index in [0.29, 0.717) is 11.8 Å². The van der Waals surface area contributed by atoms with Gasteiger partial charge in [0.05, 0.1) is 17.8 Å². The number of benzene rings is 1. The monoisotopic (exact) mass is 407 g/mol. The molecule has 158 valence electrons. The van der Waals surface area contributed by atoms with Gasteiger partial charge in [-0.3, -0.25) is 0 Å². The average Bonchev–Trinajstić information content (AvgIpc) is 3.45. The summed E-state index contributed by atoms with van der Waals surface area (Å²) < 4.78 is 9.86. The Kier molecular flexibility index (Phi) is 5.02. The lowest BCUT2D eigenvalue weighted by molar-refractivity contribution is -0.00542. The molecule has 3 aromatic rings. The van der Waals surface area contributed by atoms with Crippen LogP contribution >= 0.6 is 0 Å². The second-order valence-corrected chi connectivity index (χ2v) is 8.67. The molecule has 0 amide bonds. The van der Waals surface area contributed by atoms with Gasteiger partial charge in [0.25, 0.3) is 0 Å². The predicted octanol–water partition coefficient (Wildman–Crippen LogP) is 2.41. The van der Waals surface area contributed by atoms with E-state index in [2.05, 4.69) is 55.8 Å². The lowest BCUT2D eigenvalue weighted by Crippen LogP contribution is -2.37. The van der Waals surface area contributed by atoms with Crippen molar-refractivity contribution in [3.8, 4) is 0 Å². The molecule has 30 heavy (non-hydrogen) atoms. The van der Waals surface area contributed by atoms with Crippen LogP contribution in [-0.2, 0) is 18.2 Å². The van der Waals surface area contributed by atoms with Crippen LogP contribution in [0.25, 0.3) is 0 Å². The summed E-state index contributed by atoms with van der Waals surface area (Å²) in [6.07, 6.45) is 5.13. The summed E-state index contributed by atoms with van der Waals surface area (Å²) in [7, 11) is 3.79. The van der Waals surface area contributed by atoms with Crippen molar-refractivity contribution in [3.63, 3.8) is 0 Å². The normalized spacial score (nSPS) is 26.2. The Balaban J connectivity index is 1.32. The zero-order valence-electron chi connectivity index (χ0n) is 17.8. The number of hydrogen-bond acceptors (Lipinski definition) is 6. The second kappa shape index (κ2) is 7.83. The standard InChI is InChI=1S/C22H29N7O/c1-15-23-22(27(2)25-15)28-12-17-10-20(21(30-3)11-18(17)13-28)29-14-19(24-26-29)9-16-7-5-4-6-8-16/h4-8,14,17-18,20-21H,9-13H2,1-3H3/t17-,18+,20-,21-/m1/s1. The molecule has 0 unspecified atom stereocenters. The summed E-state index contributed by atoms with van der Waals surface area (Å²) in [4.78, 5) is 7.01. The first kappa shape index (κ1) is 19.2. The van der Waals surface area contributed by atoms with Crippen molar-refractivity contribution in [2.24, 2.45) is 18.9 Å². The molecule has 3 heterocycles. The number of nitrogens with zero attached hydrogens (tertiary/aromatic N) is 7. The van der Waals surface area contributed by atoms with Gasteiger partial charge in [0.2, 0.25) is 5.95 Å². The Hall–Kier alpha value is -2.74. The van der Waals surface area contributed by atoms with Crippen LogP contribution in [0.2, 0.25) is 0 Å². The highest BCUT2D eigenvalue weighted by atomic mass is 16.5. The van der Waals surface area contributed by atoms with Crippen molar-refractivity contribution in [3.05, 3.63) is 53.6 Å². The van der Waals surface area contributed by atoms with Crippen molar-refractivity contribution in [1.29, 1.82) is 0 Å². The maximum atomic E-state index is 5.92. The molecule has 8 nitrogen and oxygen atoms in total. The first-order valence-corrected chi connectivity index (χ1v) is 10.7. The second-order valence-electron chi connectivity index (χ2n) is 8.67. The Labute approximate surface area is 176 Å². The maximum Gasteiger partial charge on any atom is 0.223 e. The molecule has 2 fully saturated rings. The SMILES string of the molecule is CO[C@@H]1C[C@H]2CN(c3nc(C)nn3C)C[C@H]2C[C@H]1n1cc(Cc2ccccc2)nn1. The number of fused-ring (bicyclic) bond motifs is 1. The van der Waals surface area contributed by atoms with Crippen LogP contribution in [0.4, 0.5) is 5.95 Å². The summed E-state index contributed by atoms with van der Waals surface area (Å²) in [5, 5.41) is 13.4. The fraction of sp³-hybridized carbons (Fsp3) is 0.545. The summed E-state index contributed by atoms with van der Waals surface area (Å²) >= 11 is 0. The number of aryl methyl sites for hydroxylation is 2. The third-order valence-corrected chi connectivity index (χ3v) is 6.64. The van der Waals surface area contributed by atoms with E-state index in [1.165, 1.54) is 5.56 Å². The Bertz CT molecular complexity index is 998. The molecule has 1 aliphatic heterocycles. The zero-order valence-corrected chi connectivity index (χ0v) is 17.8. The van der Waals surface area contributed by atoms with E-state index in [-0.39, 0.29) is 12.1 Å². The lowest BCUT2D eigenvalue weighted by atomic mass is 9.77. The van der Waals surface area contributed by atoms with Crippen molar-refractivity contribution in [1.82, 2.24) is 29.8 Å². The Morgan fingerprint density at radius 3 is 2.57 bits per heavy atom. The van der Waals surface area contributed by atoms with Crippen LogP contribution < -0.4 is 4.90 Å². The molecule has 1 aromatic carbocycles. The smallest absolute Gasteiger partial charge is 0.223 e. The minimum Gasteiger partial charge on any atom is -0.379 e. The molecule has 1 aliphatic carbocycles. The molecule has 0 bridgehead atoms. The number of methoxy groups -OCH3 is 1. The molecule has 0 N–H and O–H groups in total. The number of anilines is 1. The zero-order chi connectivity index (χ0) is 20.7. The highest BCUT2D eigenvalue weighted by molar-refractivity contribution is 5.33. The van der Waals surface area contributed by atoms with Gasteiger partial charge in [0.1, 0.15) is 5.82 Å². The Morgan fingerprint density at radius 2 is 1.87 bits per heavy atom. The van der Waals surface area contributed by atoms with E-state index >= 15 is 0 Å². The molecule has 2 aliphatic rings. The van der Waals surface area contributed by atoms with E-state index in [1.54, 1.807) is 0 Å². The summed E-state index contributed by atoms with van der Waals surface area (Å²) in [6, 6.07) is 10.6. The Morgan fingerprint density at radius 1 is 1.10 bits per heavy atom. The van der Waals surface area contributed by atoms with Crippen molar-refractivity contribution >= 4 is 5.95 Å². The van der Waals surface area contributed by atoms with E-state index in [4.69, 9.17) is 4.74 Å². The van der Waals surface area contributed by atoms with Crippen LogP contribution in [0.3, 0.4) is 0 Å². The summed E-state index contributed by atoms with van der Waals surface area (Å²) in [5.41, 5.74) is 2.25. The first-order valence-electron chi connectivity index (χ1n) is 10.7. The highest BCUT2D eigenvalue weighted by Crippen LogP contribution is 2.43. The van der Waals surface area contributed by atoms with E-state index < -0.39 is 0 Å². The van der Waals surface area contributed by atoms with Gasteiger partial charge in [0, 0.05) is 39.9 Å². The third kappa shape index (κ3) is 3.60. The summed E-state index contributed by atoms with van der Waals surface area (Å²) in [5.74, 6) is 3.00. The van der Waals surface area contributed by atoms with Crippen molar-refractivity contribution in [2.75, 3.05) is 25.1 Å². The molecule has 1 saturated heterocycles.